The molecule has 17 nitrogen and oxygen atoms in total. The van der Waals surface area contributed by atoms with E-state index in [9.17, 15) is 55.9 Å². The van der Waals surface area contributed by atoms with Gasteiger partial charge in [-0.05, 0) is 0 Å². The lowest BCUT2D eigenvalue weighted by atomic mass is 9.95. The number of hydrogen-bond donors (Lipinski definition) is 11. The molecule has 15 atom stereocenters. The van der Waals surface area contributed by atoms with Gasteiger partial charge in [0.15, 0.2) is 18.9 Å². The molecule has 3 aliphatic heterocycles. The summed E-state index contributed by atoms with van der Waals surface area (Å²) in [6.45, 7) is -1.23. The van der Waals surface area contributed by atoms with Gasteiger partial charge < -0.3 is 80.1 Å². The second-order valence-corrected chi connectivity index (χ2v) is 9.07. The molecule has 216 valence electrons. The van der Waals surface area contributed by atoms with E-state index < -0.39 is 118 Å². The average molecular weight is 545 g/mol. The maximum Gasteiger partial charge on any atom is 0.217 e. The van der Waals surface area contributed by atoms with E-state index in [1.807, 2.05) is 0 Å². The van der Waals surface area contributed by atoms with E-state index >= 15 is 0 Å². The van der Waals surface area contributed by atoms with Crippen molar-refractivity contribution in [3.63, 3.8) is 0 Å². The van der Waals surface area contributed by atoms with Crippen LogP contribution < -0.4 is 5.32 Å². The fraction of sp³-hybridized carbons (Fsp3) is 0.950. The largest absolute Gasteiger partial charge is 0.394 e. The molecule has 0 spiro atoms. The first kappa shape index (κ1) is 30.4. The van der Waals surface area contributed by atoms with Crippen LogP contribution in [-0.2, 0) is 28.5 Å². The van der Waals surface area contributed by atoms with Crippen LogP contribution in [-0.4, -0.2) is 169 Å². The first-order chi connectivity index (χ1) is 17.4. The highest BCUT2D eigenvalue weighted by molar-refractivity contribution is 5.73. The summed E-state index contributed by atoms with van der Waals surface area (Å²) in [6, 6.07) is -1.40. The Kier molecular flexibility index (Phi) is 10.5. The molecular weight excluding hydrogens is 510 g/mol. The zero-order valence-corrected chi connectivity index (χ0v) is 19.7. The summed E-state index contributed by atoms with van der Waals surface area (Å²) >= 11 is 0. The summed E-state index contributed by atoms with van der Waals surface area (Å²) in [5.74, 6) is -0.627. The van der Waals surface area contributed by atoms with Crippen LogP contribution in [0.15, 0.2) is 0 Å². The van der Waals surface area contributed by atoms with E-state index in [0.717, 1.165) is 6.92 Å². The van der Waals surface area contributed by atoms with Crippen LogP contribution in [0.5, 0.6) is 0 Å². The van der Waals surface area contributed by atoms with Crippen molar-refractivity contribution >= 4 is 5.91 Å². The molecule has 0 aromatic carbocycles. The predicted octanol–water partition coefficient (Wildman–Crippen LogP) is -7.43. The smallest absolute Gasteiger partial charge is 0.217 e. The lowest BCUT2D eigenvalue weighted by Gasteiger charge is -2.48. The molecule has 3 fully saturated rings. The number of hydrogen-bond acceptors (Lipinski definition) is 16. The number of carbonyl (C=O) groups excluding carboxylic acids is 1. The summed E-state index contributed by atoms with van der Waals surface area (Å²) in [7, 11) is 0. The molecule has 0 saturated carbocycles. The molecule has 7 unspecified atom stereocenters. The standard InChI is InChI=1S/C20H35NO16/c1-5(25)21-9-12(28)16(8(4-24)33-18(9)32)36-20-15(31)17(11(27)7(3-23)35-20)37-19-14(30)13(29)10(26)6(2-22)34-19/h6-20,22-24,26-32H,2-4H2,1H3,(H,21,25)/t6?,7?,8?,9?,10-,11-,12+,13-,14?,15?,16+,17-,18+,19+,20?/m0/s1. The third kappa shape index (κ3) is 6.38. The molecule has 11 N–H and O–H groups in total. The normalized spacial score (nSPS) is 49.0. The Morgan fingerprint density at radius 3 is 1.70 bits per heavy atom. The van der Waals surface area contributed by atoms with Crippen molar-refractivity contribution in [2.75, 3.05) is 19.8 Å². The first-order valence-corrected chi connectivity index (χ1v) is 11.6. The van der Waals surface area contributed by atoms with Crippen molar-refractivity contribution in [2.45, 2.75) is 99.0 Å². The van der Waals surface area contributed by atoms with Crippen molar-refractivity contribution < 1.29 is 79.5 Å². The molecule has 3 saturated heterocycles. The second-order valence-electron chi connectivity index (χ2n) is 9.07. The molecule has 3 heterocycles. The molecule has 0 aromatic heterocycles. The summed E-state index contributed by atoms with van der Waals surface area (Å²) < 4.78 is 26.9. The van der Waals surface area contributed by atoms with Crippen molar-refractivity contribution in [1.29, 1.82) is 0 Å². The van der Waals surface area contributed by atoms with Crippen molar-refractivity contribution in [3.05, 3.63) is 0 Å². The fourth-order valence-corrected chi connectivity index (χ4v) is 4.46. The predicted molar refractivity (Wildman–Crippen MR) is 113 cm³/mol. The monoisotopic (exact) mass is 545 g/mol. The van der Waals surface area contributed by atoms with Gasteiger partial charge in [0.05, 0.1) is 19.8 Å². The molecule has 0 bridgehead atoms. The van der Waals surface area contributed by atoms with Crippen LogP contribution in [0.1, 0.15) is 6.92 Å². The van der Waals surface area contributed by atoms with E-state index in [4.69, 9.17) is 23.7 Å². The minimum atomic E-state index is -1.91. The van der Waals surface area contributed by atoms with E-state index in [0.29, 0.717) is 0 Å². The zero-order valence-electron chi connectivity index (χ0n) is 19.7. The molecule has 0 radical (unpaired) electrons. The summed E-state index contributed by atoms with van der Waals surface area (Å²) in [4.78, 5) is 11.5. The number of aliphatic hydroxyl groups is 10. The Bertz CT molecular complexity index is 745. The van der Waals surface area contributed by atoms with E-state index in [1.54, 1.807) is 0 Å². The van der Waals surface area contributed by atoms with Gasteiger partial charge in [-0.2, -0.15) is 0 Å². The Balaban J connectivity index is 1.80. The van der Waals surface area contributed by atoms with Gasteiger partial charge in [-0.1, -0.05) is 0 Å². The molecular formula is C20H35NO16. The number of nitrogens with one attached hydrogen (secondary N) is 1. The third-order valence-electron chi connectivity index (χ3n) is 6.50. The quantitative estimate of drug-likeness (QED) is 0.135. The van der Waals surface area contributed by atoms with Crippen LogP contribution in [0.4, 0.5) is 0 Å². The first-order valence-electron chi connectivity index (χ1n) is 11.6. The molecule has 3 rings (SSSR count). The lowest BCUT2D eigenvalue weighted by molar-refractivity contribution is -0.375. The van der Waals surface area contributed by atoms with Gasteiger partial charge in [0, 0.05) is 6.92 Å². The van der Waals surface area contributed by atoms with Gasteiger partial charge in [0.25, 0.3) is 0 Å². The molecule has 17 heteroatoms. The molecule has 3 aliphatic rings. The van der Waals surface area contributed by atoms with Gasteiger partial charge in [-0.3, -0.25) is 4.79 Å². The van der Waals surface area contributed by atoms with Crippen LogP contribution in [0, 0.1) is 0 Å². The molecule has 0 aliphatic carbocycles. The highest BCUT2D eigenvalue weighted by Gasteiger charge is 2.53. The van der Waals surface area contributed by atoms with Crippen LogP contribution in [0.25, 0.3) is 0 Å². The van der Waals surface area contributed by atoms with E-state index in [1.165, 1.54) is 0 Å². The lowest BCUT2D eigenvalue weighted by Crippen LogP contribution is -2.68. The zero-order chi connectivity index (χ0) is 27.6. The van der Waals surface area contributed by atoms with E-state index in [-0.39, 0.29) is 0 Å². The van der Waals surface area contributed by atoms with Crippen LogP contribution in [0.3, 0.4) is 0 Å². The maximum atomic E-state index is 11.5. The van der Waals surface area contributed by atoms with Crippen LogP contribution >= 0.6 is 0 Å². The number of rotatable bonds is 8. The summed E-state index contributed by atoms with van der Waals surface area (Å²) in [6.07, 6.45) is -23.4. The van der Waals surface area contributed by atoms with Gasteiger partial charge in [-0.15, -0.1) is 0 Å². The minimum absolute atomic E-state index is 0.627. The van der Waals surface area contributed by atoms with Crippen molar-refractivity contribution in [3.8, 4) is 0 Å². The summed E-state index contributed by atoms with van der Waals surface area (Å²) in [5.41, 5.74) is 0. The van der Waals surface area contributed by atoms with E-state index in [2.05, 4.69) is 5.32 Å². The maximum absolute atomic E-state index is 11.5. The van der Waals surface area contributed by atoms with Gasteiger partial charge >= 0.3 is 0 Å². The SMILES string of the molecule is CC(=O)NC1[C@H](O)OC(CO)[C@@H](OC2OC(CO)[C@H](O)[C@H](O[C@H]3OC(CO)[C@H](O)[C@H](O)C3O)C2O)[C@@H]1O. The number of carbonyl (C=O) groups is 1. The Hall–Kier alpha value is -1.13. The van der Waals surface area contributed by atoms with Crippen molar-refractivity contribution in [1.82, 2.24) is 5.32 Å². The van der Waals surface area contributed by atoms with Gasteiger partial charge in [0.2, 0.25) is 5.91 Å². The summed E-state index contributed by atoms with van der Waals surface area (Å²) in [5, 5.41) is 103. The van der Waals surface area contributed by atoms with Gasteiger partial charge in [0.1, 0.15) is 73.2 Å². The highest BCUT2D eigenvalue weighted by Crippen LogP contribution is 2.32. The second kappa shape index (κ2) is 12.8. The molecule has 37 heavy (non-hydrogen) atoms. The van der Waals surface area contributed by atoms with Crippen molar-refractivity contribution in [2.24, 2.45) is 0 Å². The molecule has 0 aromatic rings. The Morgan fingerprint density at radius 2 is 1.16 bits per heavy atom. The van der Waals surface area contributed by atoms with Crippen LogP contribution in [0.2, 0.25) is 0 Å². The third-order valence-corrected chi connectivity index (χ3v) is 6.50. The fourth-order valence-electron chi connectivity index (χ4n) is 4.46. The highest BCUT2D eigenvalue weighted by atomic mass is 16.7. The van der Waals surface area contributed by atoms with Gasteiger partial charge in [-0.25, -0.2) is 0 Å². The number of aliphatic hydroxyl groups excluding tert-OH is 10. The Morgan fingerprint density at radius 1 is 0.649 bits per heavy atom. The Labute approximate surface area is 210 Å². The average Bonchev–Trinajstić information content (AvgIpc) is 2.86. The number of amides is 1. The molecule has 1 amide bonds. The number of ether oxygens (including phenoxy) is 5. The minimum Gasteiger partial charge on any atom is -0.394 e. The topological polar surface area (TPSA) is 278 Å².